The van der Waals surface area contributed by atoms with Crippen LogP contribution in [0.15, 0.2) is 44.5 Å². The number of halogens is 1. The van der Waals surface area contributed by atoms with Crippen molar-refractivity contribution in [2.45, 2.75) is 20.0 Å². The molecule has 0 saturated carbocycles. The molecule has 0 aliphatic rings. The zero-order valence-corrected chi connectivity index (χ0v) is 12.4. The second kappa shape index (κ2) is 5.88. The molecule has 0 fully saturated rings. The van der Waals surface area contributed by atoms with Crippen molar-refractivity contribution in [2.24, 2.45) is 0 Å². The van der Waals surface area contributed by atoms with Crippen LogP contribution in [0, 0.1) is 11.3 Å². The van der Waals surface area contributed by atoms with E-state index in [2.05, 4.69) is 15.9 Å². The first-order valence-corrected chi connectivity index (χ1v) is 6.85. The normalized spacial score (nSPS) is 10.2. The van der Waals surface area contributed by atoms with Crippen LogP contribution >= 0.6 is 15.9 Å². The van der Waals surface area contributed by atoms with E-state index in [0.717, 1.165) is 14.6 Å². The number of hydrogen-bond acceptors (Lipinski definition) is 3. The second-order valence-electron chi connectivity index (χ2n) is 4.24. The Hall–Kier alpha value is -2.13. The van der Waals surface area contributed by atoms with Gasteiger partial charge in [0, 0.05) is 17.2 Å². The molecule has 1 aromatic carbocycles. The molecule has 20 heavy (non-hydrogen) atoms. The highest BCUT2D eigenvalue weighted by Gasteiger charge is 2.11. The maximum atomic E-state index is 12.2. The number of hydrogen-bond donors (Lipinski definition) is 0. The standard InChI is InChI=1S/C14H12BrN3O2/c1-2-17-9-11(7-16)13(19)18(14(17)20)8-10-4-3-5-12(15)6-10/h3-6,9H,2,8H2,1H3. The molecule has 6 heteroatoms. The highest BCUT2D eigenvalue weighted by molar-refractivity contribution is 9.10. The summed E-state index contributed by atoms with van der Waals surface area (Å²) >= 11 is 3.35. The minimum absolute atomic E-state index is 0.0264. The van der Waals surface area contributed by atoms with E-state index in [1.807, 2.05) is 30.3 Å². The molecule has 102 valence electrons. The van der Waals surface area contributed by atoms with Gasteiger partial charge in [0.1, 0.15) is 11.6 Å². The third-order valence-electron chi connectivity index (χ3n) is 2.93. The molecule has 1 aromatic heterocycles. The fourth-order valence-electron chi connectivity index (χ4n) is 1.91. The number of aromatic nitrogens is 2. The van der Waals surface area contributed by atoms with Crippen molar-refractivity contribution in [3.8, 4) is 6.07 Å². The molecule has 0 amide bonds. The molecule has 1 heterocycles. The zero-order valence-electron chi connectivity index (χ0n) is 10.8. The van der Waals surface area contributed by atoms with Gasteiger partial charge < -0.3 is 0 Å². The number of nitrogens with zero attached hydrogens (tertiary/aromatic N) is 3. The first kappa shape index (κ1) is 14.3. The van der Waals surface area contributed by atoms with Crippen LogP contribution in [-0.2, 0) is 13.1 Å². The topological polar surface area (TPSA) is 67.8 Å². The lowest BCUT2D eigenvalue weighted by atomic mass is 10.2. The smallest absolute Gasteiger partial charge is 0.299 e. The highest BCUT2D eigenvalue weighted by atomic mass is 79.9. The van der Waals surface area contributed by atoms with Gasteiger partial charge in [-0.25, -0.2) is 4.79 Å². The van der Waals surface area contributed by atoms with Crippen molar-refractivity contribution >= 4 is 15.9 Å². The van der Waals surface area contributed by atoms with E-state index in [1.165, 1.54) is 10.8 Å². The van der Waals surface area contributed by atoms with Crippen LogP contribution in [0.3, 0.4) is 0 Å². The Morgan fingerprint density at radius 3 is 2.70 bits per heavy atom. The number of nitriles is 1. The second-order valence-corrected chi connectivity index (χ2v) is 5.16. The van der Waals surface area contributed by atoms with Crippen LogP contribution in [-0.4, -0.2) is 9.13 Å². The SMILES string of the molecule is CCn1cc(C#N)c(=O)n(Cc2cccc(Br)c2)c1=O. The van der Waals surface area contributed by atoms with E-state index >= 15 is 0 Å². The molecule has 0 radical (unpaired) electrons. The summed E-state index contributed by atoms with van der Waals surface area (Å²) in [6.07, 6.45) is 1.31. The molecule has 0 unspecified atom stereocenters. The van der Waals surface area contributed by atoms with Gasteiger partial charge in [-0.3, -0.25) is 13.9 Å². The predicted octanol–water partition coefficient (Wildman–Crippen LogP) is 1.71. The van der Waals surface area contributed by atoms with Crippen molar-refractivity contribution in [3.05, 3.63) is 66.9 Å². The number of benzene rings is 1. The van der Waals surface area contributed by atoms with Gasteiger partial charge in [0.25, 0.3) is 5.56 Å². The maximum Gasteiger partial charge on any atom is 0.331 e. The van der Waals surface area contributed by atoms with Gasteiger partial charge >= 0.3 is 5.69 Å². The van der Waals surface area contributed by atoms with Crippen LogP contribution in [0.5, 0.6) is 0 Å². The lowest BCUT2D eigenvalue weighted by molar-refractivity contribution is 0.597. The summed E-state index contributed by atoms with van der Waals surface area (Å²) in [6.45, 7) is 2.34. The lowest BCUT2D eigenvalue weighted by Crippen LogP contribution is -2.40. The van der Waals surface area contributed by atoms with Gasteiger partial charge in [0.2, 0.25) is 0 Å². The molecular formula is C14H12BrN3O2. The predicted molar refractivity (Wildman–Crippen MR) is 78.6 cm³/mol. The van der Waals surface area contributed by atoms with E-state index in [-0.39, 0.29) is 12.1 Å². The summed E-state index contributed by atoms with van der Waals surface area (Å²) < 4.78 is 3.32. The molecular weight excluding hydrogens is 322 g/mol. The number of aryl methyl sites for hydroxylation is 1. The molecule has 0 aliphatic carbocycles. The zero-order chi connectivity index (χ0) is 14.7. The average molecular weight is 334 g/mol. The van der Waals surface area contributed by atoms with E-state index in [0.29, 0.717) is 6.54 Å². The molecule has 5 nitrogen and oxygen atoms in total. The Morgan fingerprint density at radius 2 is 2.10 bits per heavy atom. The Bertz CT molecular complexity index is 799. The monoisotopic (exact) mass is 333 g/mol. The van der Waals surface area contributed by atoms with Crippen molar-refractivity contribution in [1.82, 2.24) is 9.13 Å². The summed E-state index contributed by atoms with van der Waals surface area (Å²) in [5.74, 6) is 0. The number of rotatable bonds is 3. The third-order valence-corrected chi connectivity index (χ3v) is 3.42. The molecule has 0 N–H and O–H groups in total. The van der Waals surface area contributed by atoms with Crippen LogP contribution in [0.4, 0.5) is 0 Å². The summed E-state index contributed by atoms with van der Waals surface area (Å²) in [6, 6.07) is 9.19. The van der Waals surface area contributed by atoms with Crippen molar-refractivity contribution in [1.29, 1.82) is 5.26 Å². The van der Waals surface area contributed by atoms with Gasteiger partial charge in [-0.1, -0.05) is 28.1 Å². The van der Waals surface area contributed by atoms with Crippen LogP contribution in [0.25, 0.3) is 0 Å². The van der Waals surface area contributed by atoms with Gasteiger partial charge in [-0.2, -0.15) is 5.26 Å². The van der Waals surface area contributed by atoms with Crippen LogP contribution in [0.2, 0.25) is 0 Å². The summed E-state index contributed by atoms with van der Waals surface area (Å²) in [5.41, 5.74) is -0.170. The fourth-order valence-corrected chi connectivity index (χ4v) is 2.36. The summed E-state index contributed by atoms with van der Waals surface area (Å²) in [5, 5.41) is 8.98. The lowest BCUT2D eigenvalue weighted by Gasteiger charge is -2.09. The largest absolute Gasteiger partial charge is 0.331 e. The highest BCUT2D eigenvalue weighted by Crippen LogP contribution is 2.11. The van der Waals surface area contributed by atoms with Gasteiger partial charge in [0.15, 0.2) is 0 Å². The Kier molecular flexibility index (Phi) is 4.20. The Morgan fingerprint density at radius 1 is 1.35 bits per heavy atom. The van der Waals surface area contributed by atoms with E-state index in [1.54, 1.807) is 6.92 Å². The molecule has 0 saturated heterocycles. The van der Waals surface area contributed by atoms with E-state index in [9.17, 15) is 9.59 Å². The maximum absolute atomic E-state index is 12.2. The molecule has 0 atom stereocenters. The fraction of sp³-hybridized carbons (Fsp3) is 0.214. The molecule has 2 rings (SSSR count). The molecule has 0 spiro atoms. The quantitative estimate of drug-likeness (QED) is 0.858. The average Bonchev–Trinajstić information content (AvgIpc) is 2.44. The minimum Gasteiger partial charge on any atom is -0.299 e. The van der Waals surface area contributed by atoms with Gasteiger partial charge in [-0.05, 0) is 24.6 Å². The van der Waals surface area contributed by atoms with Crippen LogP contribution < -0.4 is 11.2 Å². The first-order chi connectivity index (χ1) is 9.56. The van der Waals surface area contributed by atoms with Crippen molar-refractivity contribution in [3.63, 3.8) is 0 Å². The summed E-state index contributed by atoms with van der Waals surface area (Å²) in [7, 11) is 0. The van der Waals surface area contributed by atoms with Crippen molar-refractivity contribution < 1.29 is 0 Å². The third kappa shape index (κ3) is 2.73. The molecule has 2 aromatic rings. The van der Waals surface area contributed by atoms with E-state index < -0.39 is 11.2 Å². The molecule has 0 bridgehead atoms. The van der Waals surface area contributed by atoms with Crippen LogP contribution in [0.1, 0.15) is 18.1 Å². The van der Waals surface area contributed by atoms with Gasteiger partial charge in [0.05, 0.1) is 6.54 Å². The van der Waals surface area contributed by atoms with Gasteiger partial charge in [-0.15, -0.1) is 0 Å². The Labute approximate surface area is 123 Å². The Balaban J connectivity index is 2.60. The van der Waals surface area contributed by atoms with E-state index in [4.69, 9.17) is 5.26 Å². The first-order valence-electron chi connectivity index (χ1n) is 6.05. The summed E-state index contributed by atoms with van der Waals surface area (Å²) in [4.78, 5) is 24.3. The minimum atomic E-state index is -0.554. The molecule has 0 aliphatic heterocycles. The van der Waals surface area contributed by atoms with Crippen molar-refractivity contribution in [2.75, 3.05) is 0 Å².